The van der Waals surface area contributed by atoms with Crippen molar-refractivity contribution in [1.82, 2.24) is 4.90 Å². The van der Waals surface area contributed by atoms with Gasteiger partial charge >= 0.3 is 0 Å². The highest BCUT2D eigenvalue weighted by Crippen LogP contribution is 2.25. The third kappa shape index (κ3) is 2.44. The third-order valence-electron chi connectivity index (χ3n) is 3.33. The van der Waals surface area contributed by atoms with Crippen molar-refractivity contribution < 1.29 is 5.11 Å². The minimum Gasteiger partial charge on any atom is -0.392 e. The third-order valence-corrected chi connectivity index (χ3v) is 3.33. The lowest BCUT2D eigenvalue weighted by molar-refractivity contribution is 0.0513. The van der Waals surface area contributed by atoms with Crippen LogP contribution in [0.2, 0.25) is 0 Å². The summed E-state index contributed by atoms with van der Waals surface area (Å²) in [6, 6.07) is 0.969. The Morgan fingerprint density at radius 1 is 1.46 bits per heavy atom. The van der Waals surface area contributed by atoms with Gasteiger partial charge in [0.15, 0.2) is 0 Å². The Hall–Kier alpha value is -0.0800. The molecular weight excluding hydrogens is 162 g/mol. The average molecular weight is 185 g/mol. The van der Waals surface area contributed by atoms with Crippen LogP contribution in [0.3, 0.4) is 0 Å². The topological polar surface area (TPSA) is 23.5 Å². The first-order valence-corrected chi connectivity index (χ1v) is 5.50. The standard InChI is InChI=1S/C11H23NO/c1-5-11(13)10(4)12-7-8(2)6-9(12)3/h8-11,13H,5-7H2,1-4H3. The first-order chi connectivity index (χ1) is 6.06. The van der Waals surface area contributed by atoms with Crippen LogP contribution in [-0.2, 0) is 0 Å². The van der Waals surface area contributed by atoms with Crippen molar-refractivity contribution in [1.29, 1.82) is 0 Å². The fraction of sp³-hybridized carbons (Fsp3) is 1.00. The van der Waals surface area contributed by atoms with E-state index < -0.39 is 0 Å². The first-order valence-electron chi connectivity index (χ1n) is 5.50. The fourth-order valence-corrected chi connectivity index (χ4v) is 2.46. The zero-order valence-corrected chi connectivity index (χ0v) is 9.33. The second-order valence-corrected chi connectivity index (χ2v) is 4.60. The van der Waals surface area contributed by atoms with Gasteiger partial charge in [-0.2, -0.15) is 0 Å². The number of aliphatic hydroxyl groups excluding tert-OH is 1. The summed E-state index contributed by atoms with van der Waals surface area (Å²) in [4.78, 5) is 2.44. The quantitative estimate of drug-likeness (QED) is 0.725. The molecule has 78 valence electrons. The Labute approximate surface area is 81.9 Å². The van der Waals surface area contributed by atoms with Crippen molar-refractivity contribution in [3.8, 4) is 0 Å². The van der Waals surface area contributed by atoms with Crippen molar-refractivity contribution in [2.75, 3.05) is 6.54 Å². The number of hydrogen-bond donors (Lipinski definition) is 1. The molecule has 1 fully saturated rings. The smallest absolute Gasteiger partial charge is 0.0690 e. The van der Waals surface area contributed by atoms with Crippen LogP contribution < -0.4 is 0 Å². The Balaban J connectivity index is 2.51. The molecule has 2 heteroatoms. The maximum Gasteiger partial charge on any atom is 0.0690 e. The Bertz CT molecular complexity index is 160. The van der Waals surface area contributed by atoms with Crippen LogP contribution >= 0.6 is 0 Å². The number of hydrogen-bond acceptors (Lipinski definition) is 2. The molecule has 4 unspecified atom stereocenters. The van der Waals surface area contributed by atoms with E-state index in [-0.39, 0.29) is 6.10 Å². The largest absolute Gasteiger partial charge is 0.392 e. The molecule has 1 heterocycles. The Morgan fingerprint density at radius 2 is 2.08 bits per heavy atom. The van der Waals surface area contributed by atoms with E-state index in [0.717, 1.165) is 18.9 Å². The molecule has 0 spiro atoms. The van der Waals surface area contributed by atoms with Gasteiger partial charge in [0.25, 0.3) is 0 Å². The molecule has 0 aliphatic carbocycles. The van der Waals surface area contributed by atoms with Gasteiger partial charge in [0.2, 0.25) is 0 Å². The predicted octanol–water partition coefficient (Wildman–Crippen LogP) is 1.88. The number of rotatable bonds is 3. The lowest BCUT2D eigenvalue weighted by Gasteiger charge is -2.31. The van der Waals surface area contributed by atoms with Crippen LogP contribution in [0.1, 0.15) is 40.5 Å². The molecule has 4 atom stereocenters. The summed E-state index contributed by atoms with van der Waals surface area (Å²) < 4.78 is 0. The molecule has 0 aromatic heterocycles. The van der Waals surface area contributed by atoms with E-state index in [4.69, 9.17) is 0 Å². The molecule has 0 aromatic carbocycles. The van der Waals surface area contributed by atoms with E-state index in [1.54, 1.807) is 0 Å². The van der Waals surface area contributed by atoms with Gasteiger partial charge in [-0.3, -0.25) is 4.90 Å². The number of likely N-dealkylation sites (tertiary alicyclic amines) is 1. The van der Waals surface area contributed by atoms with Gasteiger partial charge in [0, 0.05) is 18.6 Å². The SMILES string of the molecule is CCC(O)C(C)N1CC(C)CC1C. The summed E-state index contributed by atoms with van der Waals surface area (Å²) >= 11 is 0. The van der Waals surface area contributed by atoms with Gasteiger partial charge in [-0.05, 0) is 32.6 Å². The first kappa shape index (κ1) is 11.0. The van der Waals surface area contributed by atoms with Gasteiger partial charge < -0.3 is 5.11 Å². The summed E-state index contributed by atoms with van der Waals surface area (Å²) in [5, 5.41) is 9.75. The molecule has 0 bridgehead atoms. The molecule has 0 saturated carbocycles. The minimum absolute atomic E-state index is 0.159. The molecule has 13 heavy (non-hydrogen) atoms. The van der Waals surface area contributed by atoms with Crippen molar-refractivity contribution in [3.63, 3.8) is 0 Å². The fourth-order valence-electron chi connectivity index (χ4n) is 2.46. The molecular formula is C11H23NO. The highest BCUT2D eigenvalue weighted by molar-refractivity contribution is 4.86. The van der Waals surface area contributed by atoms with Gasteiger partial charge in [-0.1, -0.05) is 13.8 Å². The Morgan fingerprint density at radius 3 is 2.46 bits per heavy atom. The number of aliphatic hydroxyl groups is 1. The zero-order chi connectivity index (χ0) is 10.0. The summed E-state index contributed by atoms with van der Waals surface area (Å²) in [5.74, 6) is 0.793. The minimum atomic E-state index is -0.159. The van der Waals surface area contributed by atoms with Crippen LogP contribution in [0, 0.1) is 5.92 Å². The molecule has 1 rings (SSSR count). The normalized spacial score (nSPS) is 34.8. The summed E-state index contributed by atoms with van der Waals surface area (Å²) in [7, 11) is 0. The molecule has 0 aromatic rings. The van der Waals surface area contributed by atoms with E-state index >= 15 is 0 Å². The molecule has 2 nitrogen and oxygen atoms in total. The van der Waals surface area contributed by atoms with E-state index in [1.807, 2.05) is 6.92 Å². The van der Waals surface area contributed by atoms with E-state index in [2.05, 4.69) is 25.7 Å². The van der Waals surface area contributed by atoms with Crippen LogP contribution in [-0.4, -0.2) is 34.7 Å². The van der Waals surface area contributed by atoms with Gasteiger partial charge in [0.05, 0.1) is 6.10 Å². The highest BCUT2D eigenvalue weighted by atomic mass is 16.3. The van der Waals surface area contributed by atoms with Gasteiger partial charge in [-0.25, -0.2) is 0 Å². The molecule has 1 aliphatic heterocycles. The monoisotopic (exact) mass is 185 g/mol. The molecule has 1 aliphatic rings. The van der Waals surface area contributed by atoms with E-state index in [9.17, 15) is 5.11 Å². The second-order valence-electron chi connectivity index (χ2n) is 4.60. The Kier molecular flexibility index (Phi) is 3.74. The molecule has 0 radical (unpaired) electrons. The summed E-state index contributed by atoms with van der Waals surface area (Å²) in [6.07, 6.45) is 1.98. The second kappa shape index (κ2) is 4.43. The van der Waals surface area contributed by atoms with Crippen molar-refractivity contribution in [2.45, 2.75) is 58.7 Å². The van der Waals surface area contributed by atoms with Gasteiger partial charge in [0.1, 0.15) is 0 Å². The maximum atomic E-state index is 9.75. The molecule has 1 saturated heterocycles. The van der Waals surface area contributed by atoms with Crippen molar-refractivity contribution in [3.05, 3.63) is 0 Å². The lowest BCUT2D eigenvalue weighted by atomic mass is 10.1. The van der Waals surface area contributed by atoms with Crippen molar-refractivity contribution >= 4 is 0 Å². The van der Waals surface area contributed by atoms with Crippen LogP contribution in [0.5, 0.6) is 0 Å². The van der Waals surface area contributed by atoms with Crippen LogP contribution in [0.25, 0.3) is 0 Å². The van der Waals surface area contributed by atoms with E-state index in [1.165, 1.54) is 6.42 Å². The zero-order valence-electron chi connectivity index (χ0n) is 9.33. The number of nitrogens with zero attached hydrogens (tertiary/aromatic N) is 1. The maximum absolute atomic E-state index is 9.75. The predicted molar refractivity (Wildman–Crippen MR) is 55.7 cm³/mol. The molecule has 0 amide bonds. The average Bonchev–Trinajstić information content (AvgIpc) is 2.42. The van der Waals surface area contributed by atoms with Crippen LogP contribution in [0.4, 0.5) is 0 Å². The summed E-state index contributed by atoms with van der Waals surface area (Å²) in [5.41, 5.74) is 0. The summed E-state index contributed by atoms with van der Waals surface area (Å²) in [6.45, 7) is 9.90. The van der Waals surface area contributed by atoms with Crippen LogP contribution in [0.15, 0.2) is 0 Å². The highest BCUT2D eigenvalue weighted by Gasteiger charge is 2.31. The van der Waals surface area contributed by atoms with E-state index in [0.29, 0.717) is 12.1 Å². The van der Waals surface area contributed by atoms with Gasteiger partial charge in [-0.15, -0.1) is 0 Å². The van der Waals surface area contributed by atoms with Crippen molar-refractivity contribution in [2.24, 2.45) is 5.92 Å². The molecule has 1 N–H and O–H groups in total. The lowest BCUT2D eigenvalue weighted by Crippen LogP contribution is -2.43.